The van der Waals surface area contributed by atoms with Crippen LogP contribution in [0, 0.1) is 0 Å². The van der Waals surface area contributed by atoms with E-state index in [-0.39, 0.29) is 52.7 Å². The molecule has 0 saturated carbocycles. The molecule has 0 bridgehead atoms. The lowest BCUT2D eigenvalue weighted by molar-refractivity contribution is -0.305. The highest BCUT2D eigenvalue weighted by atomic mass is 16.4. The Labute approximate surface area is 183 Å². The number of carboxylic acid groups (broad SMARTS) is 2. The van der Waals surface area contributed by atoms with Gasteiger partial charge in [0.2, 0.25) is 6.54 Å². The van der Waals surface area contributed by atoms with Crippen LogP contribution in [0.25, 0.3) is 0 Å². The molecule has 0 aromatic heterocycles. The van der Waals surface area contributed by atoms with E-state index in [0.717, 1.165) is 0 Å². The van der Waals surface area contributed by atoms with Crippen LogP contribution in [0.5, 0.6) is 0 Å². The number of hydrogen-bond acceptors (Lipinski definition) is 12. The smallest absolute Gasteiger partial charge is 0.364 e. The fraction of sp³-hybridized carbons (Fsp3) is 0.889. The number of aliphatic hydroxyl groups excluding tert-OH is 6. The van der Waals surface area contributed by atoms with Gasteiger partial charge in [0.15, 0.2) is 6.54 Å². The molecule has 1 radical (unpaired) electrons. The minimum atomic E-state index is -1.26. The molecule has 0 aliphatic carbocycles. The van der Waals surface area contributed by atoms with E-state index < -0.39 is 11.9 Å². The van der Waals surface area contributed by atoms with Crippen LogP contribution < -0.4 is 10.0 Å². The van der Waals surface area contributed by atoms with Gasteiger partial charge >= 0.3 is 5.97 Å². The molecule has 0 fully saturated rings. The van der Waals surface area contributed by atoms with E-state index in [1.807, 2.05) is 0 Å². The van der Waals surface area contributed by atoms with Crippen LogP contribution in [0.4, 0.5) is 0 Å². The van der Waals surface area contributed by atoms with Gasteiger partial charge in [-0.05, 0) is 6.92 Å². The molecule has 13 nitrogen and oxygen atoms in total. The van der Waals surface area contributed by atoms with Crippen molar-refractivity contribution in [3.05, 3.63) is 0 Å². The predicted molar refractivity (Wildman–Crippen MR) is 110 cm³/mol. The van der Waals surface area contributed by atoms with Gasteiger partial charge in [0.1, 0.15) is 12.5 Å². The molecule has 0 atom stereocenters. The van der Waals surface area contributed by atoms with Gasteiger partial charge in [0.05, 0.1) is 39.6 Å². The summed E-state index contributed by atoms with van der Waals surface area (Å²) >= 11 is 0. The number of likely N-dealkylation sites (N-methyl/N-ethyl adjacent to an activating group) is 1. The van der Waals surface area contributed by atoms with E-state index in [1.54, 1.807) is 16.7 Å². The molecule has 0 unspecified atom stereocenters. The number of carbonyl (C=O) groups is 2. The number of rotatable bonds is 17. The average Bonchev–Trinajstić information content (AvgIpc) is 2.69. The van der Waals surface area contributed by atoms with E-state index in [0.29, 0.717) is 45.8 Å². The molecule has 187 valence electrons. The van der Waals surface area contributed by atoms with Crippen molar-refractivity contribution in [2.75, 3.05) is 98.5 Å². The summed E-state index contributed by atoms with van der Waals surface area (Å²) in [7, 11) is 0. The van der Waals surface area contributed by atoms with Crippen LogP contribution in [0.3, 0.4) is 0 Å². The highest BCUT2D eigenvalue weighted by Crippen LogP contribution is 1.85. The van der Waals surface area contributed by atoms with Gasteiger partial charge in [-0.2, -0.15) is 4.90 Å². The highest BCUT2D eigenvalue weighted by Gasteiger charge is 2.16. The van der Waals surface area contributed by atoms with E-state index in [2.05, 4.69) is 0 Å². The molecule has 0 aliphatic rings. The van der Waals surface area contributed by atoms with Crippen molar-refractivity contribution in [3.63, 3.8) is 0 Å². The Hall–Kier alpha value is -1.42. The summed E-state index contributed by atoms with van der Waals surface area (Å²) in [6.45, 7) is 4.99. The highest BCUT2D eigenvalue weighted by molar-refractivity contribution is 5.72. The van der Waals surface area contributed by atoms with Crippen LogP contribution in [0.1, 0.15) is 6.92 Å². The molecule has 13 heteroatoms. The summed E-state index contributed by atoms with van der Waals surface area (Å²) in [4.78, 5) is 24.9. The molecule has 0 aliphatic heterocycles. The average molecular weight is 459 g/mol. The van der Waals surface area contributed by atoms with Crippen molar-refractivity contribution < 1.29 is 50.4 Å². The van der Waals surface area contributed by atoms with E-state index >= 15 is 0 Å². The van der Waals surface area contributed by atoms with Crippen molar-refractivity contribution in [1.82, 2.24) is 14.7 Å². The number of aliphatic hydroxyl groups is 6. The third kappa shape index (κ3) is 28.6. The quantitative estimate of drug-likeness (QED) is 0.102. The fourth-order valence-corrected chi connectivity index (χ4v) is 2.17. The lowest BCUT2D eigenvalue weighted by Gasteiger charge is -2.17. The van der Waals surface area contributed by atoms with Gasteiger partial charge in [0.25, 0.3) is 0 Å². The van der Waals surface area contributed by atoms with Crippen LogP contribution >= 0.6 is 0 Å². The molecule has 0 heterocycles. The fourth-order valence-electron chi connectivity index (χ4n) is 2.17. The minimum Gasteiger partial charge on any atom is -0.544 e. The Kier molecular flexibility index (Phi) is 29.4. The van der Waals surface area contributed by atoms with Crippen LogP contribution in [0.2, 0.25) is 0 Å². The Balaban J connectivity index is -0.000000380. The number of carbonyl (C=O) groups excluding carboxylic acids is 1. The first-order valence-electron chi connectivity index (χ1n) is 9.99. The molecule has 0 saturated heterocycles. The number of aliphatic carboxylic acids is 2. The van der Waals surface area contributed by atoms with Crippen molar-refractivity contribution in [3.8, 4) is 0 Å². The zero-order valence-corrected chi connectivity index (χ0v) is 18.3. The SMILES string of the molecule is CC[N+](CC(=O)[O-])CC(=O)O.OCCN(CCO)CCO.OCCN(CCO)CCO. The Morgan fingerprint density at radius 2 is 0.968 bits per heavy atom. The van der Waals surface area contributed by atoms with Gasteiger partial charge in [-0.3, -0.25) is 9.80 Å². The maximum Gasteiger partial charge on any atom is 0.364 e. The van der Waals surface area contributed by atoms with Gasteiger partial charge in [-0.15, -0.1) is 0 Å². The Morgan fingerprint density at radius 1 is 0.677 bits per heavy atom. The van der Waals surface area contributed by atoms with Gasteiger partial charge in [0, 0.05) is 39.3 Å². The maximum absolute atomic E-state index is 10.1. The number of nitrogens with zero attached hydrogens (tertiary/aromatic N) is 3. The van der Waals surface area contributed by atoms with Crippen LogP contribution in [-0.4, -0.2) is 156 Å². The largest absolute Gasteiger partial charge is 0.544 e. The predicted octanol–water partition coefficient (Wildman–Crippen LogP) is -5.49. The summed E-state index contributed by atoms with van der Waals surface area (Å²) < 4.78 is 0. The van der Waals surface area contributed by atoms with E-state index in [9.17, 15) is 14.7 Å². The second-order valence-corrected chi connectivity index (χ2v) is 6.09. The van der Waals surface area contributed by atoms with Gasteiger partial charge < -0.3 is 45.6 Å². The second-order valence-electron chi connectivity index (χ2n) is 6.09. The molecule has 0 aromatic rings. The van der Waals surface area contributed by atoms with Crippen molar-refractivity contribution in [2.45, 2.75) is 6.92 Å². The summed E-state index contributed by atoms with van der Waals surface area (Å²) in [5.41, 5.74) is 0. The Morgan fingerprint density at radius 3 is 1.13 bits per heavy atom. The van der Waals surface area contributed by atoms with Crippen molar-refractivity contribution >= 4 is 11.9 Å². The standard InChI is InChI=1S/C6H11NO4.2C6H15NO3/c1-2-7(3-5(8)9)4-6(10)11;2*8-4-1-7(2-5-9)3-6-10/h2-4H2,1H3,(H,8,9)(H,10,11);2*8-10H,1-6H2/q+1;;/p-1. The normalized spacial score (nSPS) is 10.5. The number of hydrogen-bond donors (Lipinski definition) is 7. The first-order chi connectivity index (χ1) is 14.7. The monoisotopic (exact) mass is 458 g/mol. The molecule has 0 spiro atoms. The van der Waals surface area contributed by atoms with Crippen LogP contribution in [0.15, 0.2) is 0 Å². The summed E-state index contributed by atoms with van der Waals surface area (Å²) in [6, 6.07) is 0. The van der Waals surface area contributed by atoms with Crippen LogP contribution in [-0.2, 0) is 9.59 Å². The molecule has 0 amide bonds. The number of carboxylic acids is 2. The van der Waals surface area contributed by atoms with Gasteiger partial charge in [-0.1, -0.05) is 0 Å². The zero-order chi connectivity index (χ0) is 24.5. The molecule has 0 rings (SSSR count). The lowest BCUT2D eigenvalue weighted by Crippen LogP contribution is -2.44. The maximum atomic E-state index is 10.1. The second kappa shape index (κ2) is 26.6. The molecule has 0 aromatic carbocycles. The summed E-state index contributed by atoms with van der Waals surface area (Å²) in [6.07, 6.45) is 0. The third-order valence-corrected chi connectivity index (χ3v) is 3.66. The topological polar surface area (TPSA) is 211 Å². The first-order valence-corrected chi connectivity index (χ1v) is 9.99. The minimum absolute atomic E-state index is 0.0694. The van der Waals surface area contributed by atoms with Crippen molar-refractivity contribution in [2.24, 2.45) is 0 Å². The summed E-state index contributed by atoms with van der Waals surface area (Å²) in [5, 5.41) is 69.2. The van der Waals surface area contributed by atoms with Crippen molar-refractivity contribution in [1.29, 1.82) is 0 Å². The zero-order valence-electron chi connectivity index (χ0n) is 18.3. The first kappa shape index (κ1) is 34.2. The van der Waals surface area contributed by atoms with E-state index in [4.69, 9.17) is 35.7 Å². The van der Waals surface area contributed by atoms with E-state index in [1.165, 1.54) is 4.90 Å². The third-order valence-electron chi connectivity index (χ3n) is 3.66. The molecule has 31 heavy (non-hydrogen) atoms. The molecular weight excluding hydrogens is 418 g/mol. The molecule has 7 N–H and O–H groups in total. The Bertz CT molecular complexity index is 342. The summed E-state index contributed by atoms with van der Waals surface area (Å²) in [5.74, 6) is -2.29. The molecular formula is C18H40N3O10. The van der Waals surface area contributed by atoms with Gasteiger partial charge in [-0.25, -0.2) is 4.79 Å². The lowest BCUT2D eigenvalue weighted by atomic mass is 10.4.